The average molecular weight is 411 g/mol. The van der Waals surface area contributed by atoms with Crippen molar-refractivity contribution in [1.82, 2.24) is 0 Å². The van der Waals surface area contributed by atoms with Crippen LogP contribution in [0.15, 0.2) is 24.8 Å². The second kappa shape index (κ2) is 12.2. The summed E-state index contributed by atoms with van der Waals surface area (Å²) in [5.41, 5.74) is 0. The Bertz CT molecular complexity index is 493. The molecule has 2 aliphatic carbocycles. The monoisotopic (exact) mass is 410 g/mol. The first-order chi connectivity index (χ1) is 14.1. The first-order valence-corrected chi connectivity index (χ1v) is 12.0. The quantitative estimate of drug-likeness (QED) is 0.366. The molecule has 0 bridgehead atoms. The normalized spacial score (nSPS) is 35.8. The minimum absolute atomic E-state index is 0.0151. The molecule has 0 aromatic carbocycles. The van der Waals surface area contributed by atoms with Gasteiger partial charge in [0.15, 0.2) is 6.29 Å². The summed E-state index contributed by atoms with van der Waals surface area (Å²) in [6.45, 7) is 5.46. The third kappa shape index (κ3) is 7.79. The van der Waals surface area contributed by atoms with Gasteiger partial charge in [-0.2, -0.15) is 8.78 Å². The van der Waals surface area contributed by atoms with E-state index in [4.69, 9.17) is 9.47 Å². The summed E-state index contributed by atoms with van der Waals surface area (Å²) < 4.78 is 36.7. The second-order valence-corrected chi connectivity index (χ2v) is 9.70. The lowest BCUT2D eigenvalue weighted by Crippen LogP contribution is -2.37. The Morgan fingerprint density at radius 2 is 1.34 bits per heavy atom. The molecule has 0 unspecified atom stereocenters. The third-order valence-corrected chi connectivity index (χ3v) is 7.71. The highest BCUT2D eigenvalue weighted by atomic mass is 19.3. The summed E-state index contributed by atoms with van der Waals surface area (Å²) in [5, 5.41) is 0. The molecule has 0 N–H and O–H groups in total. The SMILES string of the molecule is C=CCCC1CCC(CCC2OCC(C3CCC(CC=C(F)F)CC3)CO2)CC1. The van der Waals surface area contributed by atoms with Crippen molar-refractivity contribution in [3.8, 4) is 0 Å². The minimum atomic E-state index is -1.53. The Balaban J connectivity index is 1.27. The third-order valence-electron chi connectivity index (χ3n) is 7.71. The molecule has 3 rings (SSSR count). The molecular formula is C25H40F2O2. The van der Waals surface area contributed by atoms with E-state index in [-0.39, 0.29) is 6.29 Å². The summed E-state index contributed by atoms with van der Waals surface area (Å²) >= 11 is 0. The Morgan fingerprint density at radius 3 is 1.93 bits per heavy atom. The number of rotatable bonds is 9. The number of halogens is 2. The Labute approximate surface area is 176 Å². The van der Waals surface area contributed by atoms with Gasteiger partial charge >= 0.3 is 0 Å². The van der Waals surface area contributed by atoms with E-state index >= 15 is 0 Å². The van der Waals surface area contributed by atoms with Gasteiger partial charge < -0.3 is 9.47 Å². The highest BCUT2D eigenvalue weighted by Gasteiger charge is 2.32. The summed E-state index contributed by atoms with van der Waals surface area (Å²) in [6.07, 6.45) is 16.7. The predicted octanol–water partition coefficient (Wildman–Crippen LogP) is 7.51. The van der Waals surface area contributed by atoms with Crippen LogP contribution in [-0.4, -0.2) is 19.5 Å². The van der Waals surface area contributed by atoms with Crippen LogP contribution in [0, 0.1) is 29.6 Å². The molecule has 2 nitrogen and oxygen atoms in total. The first-order valence-electron chi connectivity index (χ1n) is 12.0. The fourth-order valence-corrected chi connectivity index (χ4v) is 5.68. The molecule has 29 heavy (non-hydrogen) atoms. The molecule has 0 atom stereocenters. The van der Waals surface area contributed by atoms with Crippen LogP contribution in [0.1, 0.15) is 83.5 Å². The smallest absolute Gasteiger partial charge is 0.266 e. The van der Waals surface area contributed by atoms with Crippen LogP contribution in [0.4, 0.5) is 8.78 Å². The number of hydrogen-bond donors (Lipinski definition) is 0. The molecule has 3 fully saturated rings. The zero-order valence-corrected chi connectivity index (χ0v) is 18.0. The molecule has 0 amide bonds. The molecule has 3 aliphatic rings. The van der Waals surface area contributed by atoms with Gasteiger partial charge in [-0.25, -0.2) is 0 Å². The minimum Gasteiger partial charge on any atom is -0.352 e. The Hall–Kier alpha value is -0.740. The summed E-state index contributed by atoms with van der Waals surface area (Å²) in [6, 6.07) is 0. The lowest BCUT2D eigenvalue weighted by atomic mass is 9.75. The Kier molecular flexibility index (Phi) is 9.65. The van der Waals surface area contributed by atoms with E-state index in [1.807, 2.05) is 6.08 Å². The van der Waals surface area contributed by atoms with Gasteiger partial charge in [-0.1, -0.05) is 31.8 Å². The lowest BCUT2D eigenvalue weighted by molar-refractivity contribution is -0.213. The summed E-state index contributed by atoms with van der Waals surface area (Å²) in [4.78, 5) is 0. The largest absolute Gasteiger partial charge is 0.352 e. The van der Waals surface area contributed by atoms with Crippen molar-refractivity contribution >= 4 is 0 Å². The van der Waals surface area contributed by atoms with Gasteiger partial charge in [-0.3, -0.25) is 0 Å². The molecule has 0 radical (unpaired) electrons. The van der Waals surface area contributed by atoms with Crippen LogP contribution in [-0.2, 0) is 9.47 Å². The molecule has 2 saturated carbocycles. The zero-order valence-electron chi connectivity index (χ0n) is 18.0. The molecule has 0 spiro atoms. The highest BCUT2D eigenvalue weighted by molar-refractivity contribution is 4.87. The molecule has 1 saturated heterocycles. The maximum atomic E-state index is 12.3. The lowest BCUT2D eigenvalue weighted by Gasteiger charge is -2.38. The summed E-state index contributed by atoms with van der Waals surface area (Å²) in [7, 11) is 0. The van der Waals surface area contributed by atoms with Crippen molar-refractivity contribution in [3.05, 3.63) is 24.8 Å². The van der Waals surface area contributed by atoms with Crippen molar-refractivity contribution < 1.29 is 18.3 Å². The van der Waals surface area contributed by atoms with Crippen molar-refractivity contribution in [2.45, 2.75) is 89.8 Å². The van der Waals surface area contributed by atoms with E-state index in [9.17, 15) is 8.78 Å². The fourth-order valence-electron chi connectivity index (χ4n) is 5.68. The van der Waals surface area contributed by atoms with E-state index in [0.29, 0.717) is 24.2 Å². The van der Waals surface area contributed by atoms with Crippen LogP contribution < -0.4 is 0 Å². The number of ether oxygens (including phenoxy) is 2. The van der Waals surface area contributed by atoms with Gasteiger partial charge in [-0.15, -0.1) is 6.58 Å². The first kappa shape index (κ1) is 22.9. The van der Waals surface area contributed by atoms with Crippen molar-refractivity contribution in [3.63, 3.8) is 0 Å². The molecular weight excluding hydrogens is 370 g/mol. The average Bonchev–Trinajstić information content (AvgIpc) is 2.76. The van der Waals surface area contributed by atoms with Gasteiger partial charge in [0.1, 0.15) is 0 Å². The predicted molar refractivity (Wildman–Crippen MR) is 114 cm³/mol. The van der Waals surface area contributed by atoms with Crippen LogP contribution in [0.3, 0.4) is 0 Å². The van der Waals surface area contributed by atoms with Crippen molar-refractivity contribution in [2.24, 2.45) is 29.6 Å². The Morgan fingerprint density at radius 1 is 0.759 bits per heavy atom. The van der Waals surface area contributed by atoms with Crippen LogP contribution in [0.5, 0.6) is 0 Å². The van der Waals surface area contributed by atoms with Crippen molar-refractivity contribution in [1.29, 1.82) is 0 Å². The van der Waals surface area contributed by atoms with E-state index < -0.39 is 6.08 Å². The molecule has 4 heteroatoms. The summed E-state index contributed by atoms with van der Waals surface area (Å²) in [5.74, 6) is 3.31. The highest BCUT2D eigenvalue weighted by Crippen LogP contribution is 2.38. The topological polar surface area (TPSA) is 18.5 Å². The van der Waals surface area contributed by atoms with E-state index in [2.05, 4.69) is 6.58 Å². The van der Waals surface area contributed by atoms with Gasteiger partial charge in [0.2, 0.25) is 0 Å². The van der Waals surface area contributed by atoms with E-state index in [1.165, 1.54) is 38.5 Å². The maximum Gasteiger partial charge on any atom is 0.266 e. The zero-order chi connectivity index (χ0) is 20.5. The molecule has 1 heterocycles. The molecule has 1 aliphatic heterocycles. The number of hydrogen-bond acceptors (Lipinski definition) is 2. The fraction of sp³-hybridized carbons (Fsp3) is 0.840. The van der Waals surface area contributed by atoms with Gasteiger partial charge in [0.25, 0.3) is 6.08 Å². The van der Waals surface area contributed by atoms with Gasteiger partial charge in [0.05, 0.1) is 13.2 Å². The standard InChI is InChI=1S/C25H40F2O2/c1-2-3-4-19-5-7-20(8-6-19)12-16-25-28-17-23(18-29-25)22-13-9-21(10-14-22)11-15-24(26)27/h2,15,19-23,25H,1,3-14,16-18H2. The molecule has 166 valence electrons. The van der Waals surface area contributed by atoms with Crippen molar-refractivity contribution in [2.75, 3.05) is 13.2 Å². The number of allylic oxidation sites excluding steroid dienone is 2. The van der Waals surface area contributed by atoms with Crippen LogP contribution in [0.25, 0.3) is 0 Å². The molecule has 0 aromatic rings. The maximum absolute atomic E-state index is 12.3. The van der Waals surface area contributed by atoms with Crippen LogP contribution >= 0.6 is 0 Å². The van der Waals surface area contributed by atoms with E-state index in [1.54, 1.807) is 0 Å². The van der Waals surface area contributed by atoms with Gasteiger partial charge in [0, 0.05) is 5.92 Å². The van der Waals surface area contributed by atoms with Crippen LogP contribution in [0.2, 0.25) is 0 Å². The second-order valence-electron chi connectivity index (χ2n) is 9.70. The van der Waals surface area contributed by atoms with E-state index in [0.717, 1.165) is 69.7 Å². The van der Waals surface area contributed by atoms with Gasteiger partial charge in [-0.05, 0) is 87.5 Å². The molecule has 0 aromatic heterocycles.